The summed E-state index contributed by atoms with van der Waals surface area (Å²) in [4.78, 5) is 0. The van der Waals surface area contributed by atoms with Crippen molar-refractivity contribution < 1.29 is 0 Å². The maximum absolute atomic E-state index is 5.77. The second kappa shape index (κ2) is 2.62. The number of nitrogens with two attached hydrogens (primary N) is 1. The Balaban J connectivity index is 2.44. The molecule has 2 rings (SSSR count). The van der Waals surface area contributed by atoms with E-state index >= 15 is 0 Å². The maximum atomic E-state index is 5.77. The Hall–Kier alpha value is -0.900. The zero-order valence-corrected chi connectivity index (χ0v) is 6.17. The highest BCUT2D eigenvalue weighted by molar-refractivity contribution is 5.30. The molecule has 1 atom stereocenters. The fourth-order valence-corrected chi connectivity index (χ4v) is 1.33. The van der Waals surface area contributed by atoms with Crippen molar-refractivity contribution >= 4 is 0 Å². The second-order valence-corrected chi connectivity index (χ2v) is 2.67. The van der Waals surface area contributed by atoms with Crippen LogP contribution in [-0.2, 0) is 6.54 Å². The molecule has 1 unspecified atom stereocenters. The van der Waals surface area contributed by atoms with E-state index in [1.807, 2.05) is 18.2 Å². The monoisotopic (exact) mass is 149 g/mol. The second-order valence-electron chi connectivity index (χ2n) is 2.67. The lowest BCUT2D eigenvalue weighted by atomic mass is 10.0. The summed E-state index contributed by atoms with van der Waals surface area (Å²) in [5.74, 6) is 0. The SMILES string of the molecule is NC1NNCc2ccccc21. The molecule has 0 aliphatic carbocycles. The molecule has 0 saturated carbocycles. The van der Waals surface area contributed by atoms with Gasteiger partial charge in [0.25, 0.3) is 0 Å². The van der Waals surface area contributed by atoms with Crippen molar-refractivity contribution in [2.24, 2.45) is 5.73 Å². The lowest BCUT2D eigenvalue weighted by molar-refractivity contribution is 0.414. The lowest BCUT2D eigenvalue weighted by Gasteiger charge is -2.23. The van der Waals surface area contributed by atoms with E-state index in [4.69, 9.17) is 5.73 Å². The fraction of sp³-hybridized carbons (Fsp3) is 0.250. The number of fused-ring (bicyclic) bond motifs is 1. The van der Waals surface area contributed by atoms with Gasteiger partial charge in [-0.05, 0) is 11.1 Å². The molecule has 58 valence electrons. The first-order valence-corrected chi connectivity index (χ1v) is 3.70. The first-order valence-electron chi connectivity index (χ1n) is 3.70. The van der Waals surface area contributed by atoms with Crippen molar-refractivity contribution in [1.29, 1.82) is 0 Å². The van der Waals surface area contributed by atoms with Crippen molar-refractivity contribution in [3.63, 3.8) is 0 Å². The Morgan fingerprint density at radius 3 is 3.00 bits per heavy atom. The van der Waals surface area contributed by atoms with E-state index in [2.05, 4.69) is 16.9 Å². The number of hydrogen-bond acceptors (Lipinski definition) is 3. The highest BCUT2D eigenvalue weighted by Gasteiger charge is 2.13. The molecule has 1 aromatic rings. The van der Waals surface area contributed by atoms with Crippen LogP contribution in [0, 0.1) is 0 Å². The molecule has 11 heavy (non-hydrogen) atoms. The molecule has 3 heteroatoms. The van der Waals surface area contributed by atoms with Gasteiger partial charge in [0.15, 0.2) is 0 Å². The number of benzene rings is 1. The molecule has 1 aliphatic heterocycles. The molecular formula is C8H11N3. The first kappa shape index (κ1) is 6.79. The molecule has 1 aliphatic rings. The van der Waals surface area contributed by atoms with Gasteiger partial charge in [0.2, 0.25) is 0 Å². The van der Waals surface area contributed by atoms with Crippen LogP contribution in [-0.4, -0.2) is 0 Å². The van der Waals surface area contributed by atoms with Crippen molar-refractivity contribution in [3.05, 3.63) is 35.4 Å². The van der Waals surface area contributed by atoms with Gasteiger partial charge in [-0.2, -0.15) is 0 Å². The molecule has 0 saturated heterocycles. The van der Waals surface area contributed by atoms with Crippen LogP contribution in [0.4, 0.5) is 0 Å². The zero-order valence-electron chi connectivity index (χ0n) is 6.17. The standard InChI is InChI=1S/C8H11N3/c9-8-7-4-2-1-3-6(7)5-10-11-8/h1-4,8,10-11H,5,9H2. The van der Waals surface area contributed by atoms with E-state index in [0.29, 0.717) is 0 Å². The van der Waals surface area contributed by atoms with E-state index in [0.717, 1.165) is 6.54 Å². The summed E-state index contributed by atoms with van der Waals surface area (Å²) in [6.07, 6.45) is -0.0695. The zero-order chi connectivity index (χ0) is 7.68. The molecule has 0 bridgehead atoms. The van der Waals surface area contributed by atoms with Crippen LogP contribution in [0.3, 0.4) is 0 Å². The van der Waals surface area contributed by atoms with E-state index in [-0.39, 0.29) is 6.17 Å². The van der Waals surface area contributed by atoms with Crippen molar-refractivity contribution in [3.8, 4) is 0 Å². The van der Waals surface area contributed by atoms with Crippen LogP contribution in [0.1, 0.15) is 17.3 Å². The topological polar surface area (TPSA) is 50.1 Å². The number of rotatable bonds is 0. The molecule has 0 spiro atoms. The minimum Gasteiger partial charge on any atom is -0.311 e. The summed E-state index contributed by atoms with van der Waals surface area (Å²) < 4.78 is 0. The average Bonchev–Trinajstić information content (AvgIpc) is 2.06. The quantitative estimate of drug-likeness (QED) is 0.495. The Morgan fingerprint density at radius 2 is 2.18 bits per heavy atom. The van der Waals surface area contributed by atoms with Crippen LogP contribution in [0.25, 0.3) is 0 Å². The predicted molar refractivity (Wildman–Crippen MR) is 43.3 cm³/mol. The normalized spacial score (nSPS) is 22.8. The summed E-state index contributed by atoms with van der Waals surface area (Å²) in [6.45, 7) is 0.851. The Morgan fingerprint density at radius 1 is 1.36 bits per heavy atom. The third-order valence-corrected chi connectivity index (χ3v) is 1.93. The van der Waals surface area contributed by atoms with Gasteiger partial charge in [-0.25, -0.2) is 5.43 Å². The molecule has 0 amide bonds. The summed E-state index contributed by atoms with van der Waals surface area (Å²) in [7, 11) is 0. The van der Waals surface area contributed by atoms with Gasteiger partial charge in [0.1, 0.15) is 0 Å². The number of nitrogens with one attached hydrogen (secondary N) is 2. The smallest absolute Gasteiger partial charge is 0.0941 e. The van der Waals surface area contributed by atoms with E-state index in [1.165, 1.54) is 11.1 Å². The molecule has 0 radical (unpaired) electrons. The minimum absolute atomic E-state index is 0.0695. The molecule has 3 nitrogen and oxygen atoms in total. The van der Waals surface area contributed by atoms with Crippen molar-refractivity contribution in [2.45, 2.75) is 12.7 Å². The highest BCUT2D eigenvalue weighted by Crippen LogP contribution is 2.16. The van der Waals surface area contributed by atoms with Gasteiger partial charge < -0.3 is 5.73 Å². The molecule has 4 N–H and O–H groups in total. The summed E-state index contributed by atoms with van der Waals surface area (Å²) in [5, 5.41) is 0. The van der Waals surface area contributed by atoms with Gasteiger partial charge in [-0.15, -0.1) is 0 Å². The van der Waals surface area contributed by atoms with Crippen LogP contribution < -0.4 is 16.6 Å². The van der Waals surface area contributed by atoms with Gasteiger partial charge in [-0.1, -0.05) is 24.3 Å². The molecule has 1 heterocycles. The molecule has 1 aromatic carbocycles. The number of hydrazine groups is 1. The van der Waals surface area contributed by atoms with E-state index in [9.17, 15) is 0 Å². The summed E-state index contributed by atoms with van der Waals surface area (Å²) >= 11 is 0. The Kier molecular flexibility index (Phi) is 1.62. The molecule has 0 fully saturated rings. The van der Waals surface area contributed by atoms with E-state index < -0.39 is 0 Å². The van der Waals surface area contributed by atoms with Gasteiger partial charge >= 0.3 is 0 Å². The maximum Gasteiger partial charge on any atom is 0.0941 e. The van der Waals surface area contributed by atoms with Gasteiger partial charge in [0.05, 0.1) is 6.17 Å². The highest BCUT2D eigenvalue weighted by atomic mass is 15.4. The summed E-state index contributed by atoms with van der Waals surface area (Å²) in [6, 6.07) is 8.17. The van der Waals surface area contributed by atoms with Gasteiger partial charge in [-0.3, -0.25) is 5.43 Å². The lowest BCUT2D eigenvalue weighted by Crippen LogP contribution is -2.43. The molecular weight excluding hydrogens is 138 g/mol. The van der Waals surface area contributed by atoms with Crippen LogP contribution >= 0.6 is 0 Å². The van der Waals surface area contributed by atoms with Crippen LogP contribution in [0.2, 0.25) is 0 Å². The van der Waals surface area contributed by atoms with E-state index in [1.54, 1.807) is 0 Å². The fourth-order valence-electron chi connectivity index (χ4n) is 1.33. The van der Waals surface area contributed by atoms with Gasteiger partial charge in [0, 0.05) is 6.54 Å². The summed E-state index contributed by atoms with van der Waals surface area (Å²) in [5.41, 5.74) is 14.2. The third kappa shape index (κ3) is 1.14. The Bertz CT molecular complexity index is 259. The van der Waals surface area contributed by atoms with Crippen LogP contribution in [0.15, 0.2) is 24.3 Å². The average molecular weight is 149 g/mol. The predicted octanol–water partition coefficient (Wildman–Crippen LogP) is 0.252. The minimum atomic E-state index is -0.0695. The largest absolute Gasteiger partial charge is 0.311 e. The number of hydrogen-bond donors (Lipinski definition) is 3. The molecule has 0 aromatic heterocycles. The third-order valence-electron chi connectivity index (χ3n) is 1.93. The first-order chi connectivity index (χ1) is 5.38. The van der Waals surface area contributed by atoms with Crippen molar-refractivity contribution in [2.75, 3.05) is 0 Å². The van der Waals surface area contributed by atoms with Crippen LogP contribution in [0.5, 0.6) is 0 Å². The van der Waals surface area contributed by atoms with Crippen molar-refractivity contribution in [1.82, 2.24) is 10.9 Å². The Labute approximate surface area is 65.6 Å².